The van der Waals surface area contributed by atoms with Gasteiger partial charge in [0, 0.05) is 6.42 Å². The Kier molecular flexibility index (Phi) is 5.18. The Bertz CT molecular complexity index is 783. The number of hydrogen-bond donors (Lipinski definition) is 1. The van der Waals surface area contributed by atoms with Crippen LogP contribution in [0.3, 0.4) is 0 Å². The molecule has 0 saturated carbocycles. The number of carbonyl (C=O) groups excluding carboxylic acids is 3. The number of amides is 3. The third-order valence-electron chi connectivity index (χ3n) is 3.89. The first-order chi connectivity index (χ1) is 12.1. The molecule has 1 aromatic carbocycles. The summed E-state index contributed by atoms with van der Waals surface area (Å²) in [6.45, 7) is 1.79. The lowest BCUT2D eigenvalue weighted by molar-refractivity contribution is -0.116. The van der Waals surface area contributed by atoms with Crippen LogP contribution < -0.4 is 5.32 Å². The van der Waals surface area contributed by atoms with Gasteiger partial charge in [0.25, 0.3) is 11.8 Å². The summed E-state index contributed by atoms with van der Waals surface area (Å²) in [7, 11) is 0. The van der Waals surface area contributed by atoms with E-state index in [1.807, 2.05) is 0 Å². The maximum Gasteiger partial charge on any atom is 0.262 e. The molecule has 1 aliphatic rings. The molecule has 1 N–H and O–H groups in total. The lowest BCUT2D eigenvalue weighted by atomic mass is 10.1. The molecule has 0 radical (unpaired) electrons. The van der Waals surface area contributed by atoms with Crippen molar-refractivity contribution in [1.82, 2.24) is 15.1 Å². The van der Waals surface area contributed by atoms with E-state index in [-0.39, 0.29) is 6.54 Å². The molecule has 1 aliphatic heterocycles. The number of imide groups is 1. The molecule has 8 heteroatoms. The molecule has 2 heterocycles. The quantitative estimate of drug-likeness (QED) is 0.606. The fourth-order valence-corrected chi connectivity index (χ4v) is 3.41. The van der Waals surface area contributed by atoms with Crippen molar-refractivity contribution < 1.29 is 14.4 Å². The summed E-state index contributed by atoms with van der Waals surface area (Å²) < 4.78 is 0. The number of nitrogens with one attached hydrogen (secondary N) is 1. The fraction of sp³-hybridized carbons (Fsp3) is 0.353. The molecule has 0 aliphatic carbocycles. The van der Waals surface area contributed by atoms with Crippen molar-refractivity contribution in [2.24, 2.45) is 0 Å². The minimum Gasteiger partial charge on any atom is -0.299 e. The molecule has 2 aromatic rings. The average Bonchev–Trinajstić information content (AvgIpc) is 3.14. The van der Waals surface area contributed by atoms with E-state index in [2.05, 4.69) is 22.4 Å². The van der Waals surface area contributed by atoms with Crippen LogP contribution in [0.15, 0.2) is 24.3 Å². The van der Waals surface area contributed by atoms with E-state index in [1.165, 1.54) is 11.3 Å². The summed E-state index contributed by atoms with van der Waals surface area (Å²) in [5.74, 6) is -1.37. The first kappa shape index (κ1) is 17.2. The molecule has 0 unspecified atom stereocenters. The third kappa shape index (κ3) is 3.74. The smallest absolute Gasteiger partial charge is 0.262 e. The summed E-state index contributed by atoms with van der Waals surface area (Å²) in [6, 6.07) is 6.55. The van der Waals surface area contributed by atoms with E-state index in [4.69, 9.17) is 0 Å². The summed E-state index contributed by atoms with van der Waals surface area (Å²) in [4.78, 5) is 37.6. The molecule has 0 spiro atoms. The van der Waals surface area contributed by atoms with Crippen molar-refractivity contribution >= 4 is 34.2 Å². The largest absolute Gasteiger partial charge is 0.299 e. The van der Waals surface area contributed by atoms with Crippen molar-refractivity contribution in [1.29, 1.82) is 0 Å². The van der Waals surface area contributed by atoms with Crippen molar-refractivity contribution in [2.75, 3.05) is 11.9 Å². The van der Waals surface area contributed by atoms with Crippen molar-refractivity contribution in [3.05, 3.63) is 40.4 Å². The van der Waals surface area contributed by atoms with Gasteiger partial charge in [-0.05, 0) is 18.6 Å². The minimum absolute atomic E-state index is 0.328. The van der Waals surface area contributed by atoms with Crippen LogP contribution in [0.5, 0.6) is 0 Å². The standard InChI is InChI=1S/C17H18N4O3S/c1-2-3-4-9-14-19-20-17(25-14)18-13(22)10-21-15(23)11-7-5-6-8-12(11)16(21)24/h5-8H,2-4,9-10H2,1H3,(H,18,20,22). The Labute approximate surface area is 149 Å². The monoisotopic (exact) mass is 358 g/mol. The molecule has 0 bridgehead atoms. The van der Waals surface area contributed by atoms with Gasteiger partial charge in [0.2, 0.25) is 11.0 Å². The molecule has 0 atom stereocenters. The highest BCUT2D eigenvalue weighted by atomic mass is 32.1. The molecule has 1 aromatic heterocycles. The van der Waals surface area contributed by atoms with Gasteiger partial charge in [0.1, 0.15) is 11.6 Å². The predicted octanol–water partition coefficient (Wildman–Crippen LogP) is 2.51. The first-order valence-corrected chi connectivity index (χ1v) is 8.99. The summed E-state index contributed by atoms with van der Waals surface area (Å²) in [5, 5.41) is 11.8. The highest BCUT2D eigenvalue weighted by Crippen LogP contribution is 2.22. The number of anilines is 1. The number of benzene rings is 1. The molecule has 7 nitrogen and oxygen atoms in total. The zero-order chi connectivity index (χ0) is 17.8. The second kappa shape index (κ2) is 7.52. The van der Waals surface area contributed by atoms with Crippen molar-refractivity contribution in [2.45, 2.75) is 32.6 Å². The zero-order valence-corrected chi connectivity index (χ0v) is 14.6. The van der Waals surface area contributed by atoms with Crippen LogP contribution in [0.2, 0.25) is 0 Å². The van der Waals surface area contributed by atoms with E-state index in [9.17, 15) is 14.4 Å². The number of carbonyl (C=O) groups is 3. The number of aryl methyl sites for hydroxylation is 1. The summed E-state index contributed by atoms with van der Waals surface area (Å²) >= 11 is 1.32. The molecular weight excluding hydrogens is 340 g/mol. The number of fused-ring (bicyclic) bond motifs is 1. The number of nitrogens with zero attached hydrogens (tertiary/aromatic N) is 3. The van der Waals surface area contributed by atoms with Gasteiger partial charge < -0.3 is 0 Å². The zero-order valence-electron chi connectivity index (χ0n) is 13.8. The normalized spacial score (nSPS) is 13.2. The fourth-order valence-electron chi connectivity index (χ4n) is 2.62. The van der Waals surface area contributed by atoms with Crippen molar-refractivity contribution in [3.63, 3.8) is 0 Å². The topological polar surface area (TPSA) is 92.3 Å². The van der Waals surface area contributed by atoms with E-state index >= 15 is 0 Å². The molecular formula is C17H18N4O3S. The SMILES string of the molecule is CCCCCc1nnc(NC(=O)CN2C(=O)c3ccccc3C2=O)s1. The molecule has 3 rings (SSSR count). The molecule has 3 amide bonds. The van der Waals surface area contributed by atoms with Gasteiger partial charge in [-0.25, -0.2) is 0 Å². The first-order valence-electron chi connectivity index (χ1n) is 8.17. The van der Waals surface area contributed by atoms with Crippen LogP contribution in [-0.2, 0) is 11.2 Å². The van der Waals surface area contributed by atoms with E-state index in [0.29, 0.717) is 16.3 Å². The van der Waals surface area contributed by atoms with E-state index in [1.54, 1.807) is 24.3 Å². The minimum atomic E-state index is -0.467. The van der Waals surface area contributed by atoms with Crippen LogP contribution >= 0.6 is 11.3 Å². The van der Waals surface area contributed by atoms with E-state index in [0.717, 1.165) is 35.6 Å². The van der Waals surface area contributed by atoms with Gasteiger partial charge in [0.05, 0.1) is 11.1 Å². The van der Waals surface area contributed by atoms with Crippen molar-refractivity contribution in [3.8, 4) is 0 Å². The Balaban J connectivity index is 1.59. The molecule has 25 heavy (non-hydrogen) atoms. The van der Waals surface area contributed by atoms with Crippen LogP contribution in [0.4, 0.5) is 5.13 Å². The Morgan fingerprint density at radius 1 is 1.12 bits per heavy atom. The number of rotatable bonds is 7. The molecule has 0 saturated heterocycles. The van der Waals surface area contributed by atoms with Crippen LogP contribution in [0, 0.1) is 0 Å². The molecule has 130 valence electrons. The maximum atomic E-state index is 12.2. The second-order valence-electron chi connectivity index (χ2n) is 5.75. The number of hydrogen-bond acceptors (Lipinski definition) is 6. The Morgan fingerprint density at radius 2 is 1.80 bits per heavy atom. The van der Waals surface area contributed by atoms with Gasteiger partial charge in [0.15, 0.2) is 0 Å². The third-order valence-corrected chi connectivity index (χ3v) is 4.79. The van der Waals surface area contributed by atoms with Gasteiger partial charge in [-0.3, -0.25) is 24.6 Å². The summed E-state index contributed by atoms with van der Waals surface area (Å²) in [6.07, 6.45) is 4.12. The Hall–Kier alpha value is -2.61. The highest BCUT2D eigenvalue weighted by molar-refractivity contribution is 7.15. The predicted molar refractivity (Wildman–Crippen MR) is 93.6 cm³/mol. The van der Waals surface area contributed by atoms with Gasteiger partial charge in [-0.15, -0.1) is 10.2 Å². The van der Waals surface area contributed by atoms with Gasteiger partial charge in [-0.1, -0.05) is 43.2 Å². The summed E-state index contributed by atoms with van der Waals surface area (Å²) in [5.41, 5.74) is 0.656. The lowest BCUT2D eigenvalue weighted by Crippen LogP contribution is -2.37. The van der Waals surface area contributed by atoms with E-state index < -0.39 is 17.7 Å². The second-order valence-corrected chi connectivity index (χ2v) is 6.81. The number of unbranched alkanes of at least 4 members (excludes halogenated alkanes) is 2. The lowest BCUT2D eigenvalue weighted by Gasteiger charge is -2.12. The Morgan fingerprint density at radius 3 is 2.44 bits per heavy atom. The van der Waals surface area contributed by atoms with Gasteiger partial charge >= 0.3 is 0 Å². The van der Waals surface area contributed by atoms with Crippen LogP contribution in [0.1, 0.15) is 51.9 Å². The van der Waals surface area contributed by atoms with Crippen LogP contribution in [0.25, 0.3) is 0 Å². The average molecular weight is 358 g/mol. The van der Waals surface area contributed by atoms with Crippen LogP contribution in [-0.4, -0.2) is 39.4 Å². The number of aromatic nitrogens is 2. The maximum absolute atomic E-state index is 12.2. The van der Waals surface area contributed by atoms with Gasteiger partial charge in [-0.2, -0.15) is 0 Å². The highest BCUT2D eigenvalue weighted by Gasteiger charge is 2.36. The molecule has 0 fully saturated rings.